The number of amides is 2. The Morgan fingerprint density at radius 1 is 1.00 bits per heavy atom. The number of carbonyl (C=O) groups excluding carboxylic acids is 2. The Morgan fingerprint density at radius 2 is 1.72 bits per heavy atom. The average molecular weight is 454 g/mol. The smallest absolute Gasteiger partial charge is 0.261 e. The Kier molecular flexibility index (Phi) is 9.04. The Bertz CT molecular complexity index is 924. The summed E-state index contributed by atoms with van der Waals surface area (Å²) in [4.78, 5) is 27.2. The van der Waals surface area contributed by atoms with Gasteiger partial charge in [-0.15, -0.1) is 0 Å². The minimum Gasteiger partial charge on any atom is -0.493 e. The molecule has 0 saturated carbocycles. The number of nitrogens with one attached hydrogen (secondary N) is 2. The normalized spacial score (nSPS) is 13.3. The predicted octanol–water partition coefficient (Wildman–Crippen LogP) is 5.01. The highest BCUT2D eigenvalue weighted by atomic mass is 32.1. The summed E-state index contributed by atoms with van der Waals surface area (Å²) in [6.07, 6.45) is 6.45. The molecule has 2 amide bonds. The van der Waals surface area contributed by atoms with Crippen LogP contribution in [-0.4, -0.2) is 41.5 Å². The molecule has 3 rings (SSSR count). The first-order chi connectivity index (χ1) is 15.6. The summed E-state index contributed by atoms with van der Waals surface area (Å²) in [7, 11) is 0. The highest BCUT2D eigenvalue weighted by Crippen LogP contribution is 2.19. The van der Waals surface area contributed by atoms with Crippen LogP contribution in [0.25, 0.3) is 0 Å². The van der Waals surface area contributed by atoms with Crippen LogP contribution < -0.4 is 15.4 Å². The van der Waals surface area contributed by atoms with E-state index in [2.05, 4.69) is 17.6 Å². The van der Waals surface area contributed by atoms with Gasteiger partial charge in [0.25, 0.3) is 11.8 Å². The molecule has 2 aromatic rings. The van der Waals surface area contributed by atoms with Gasteiger partial charge in [-0.1, -0.05) is 31.9 Å². The minimum absolute atomic E-state index is 0.0580. The SMILES string of the molecule is CCCCCOc1ccccc1C(=O)NC(=S)Nc1ccc(C(=O)N2CCCCC2)cc1. The van der Waals surface area contributed by atoms with Gasteiger partial charge in [0.15, 0.2) is 5.11 Å². The van der Waals surface area contributed by atoms with Crippen molar-refractivity contribution in [3.05, 3.63) is 59.7 Å². The maximum Gasteiger partial charge on any atom is 0.261 e. The third-order valence-corrected chi connectivity index (χ3v) is 5.60. The van der Waals surface area contributed by atoms with Gasteiger partial charge in [0.05, 0.1) is 12.2 Å². The van der Waals surface area contributed by atoms with Crippen LogP contribution in [0.1, 0.15) is 66.2 Å². The van der Waals surface area contributed by atoms with Gasteiger partial charge in [0.2, 0.25) is 0 Å². The molecule has 32 heavy (non-hydrogen) atoms. The summed E-state index contributed by atoms with van der Waals surface area (Å²) in [6, 6.07) is 14.3. The van der Waals surface area contributed by atoms with Gasteiger partial charge in [0.1, 0.15) is 5.75 Å². The standard InChI is InChI=1S/C25H31N3O3S/c1-2-3-9-18-31-22-11-6-5-10-21(22)23(29)27-25(32)26-20-14-12-19(13-15-20)24(30)28-16-7-4-8-17-28/h5-6,10-15H,2-4,7-9,16-18H2,1H3,(H2,26,27,29,32). The minimum atomic E-state index is -0.328. The van der Waals surface area contributed by atoms with E-state index in [0.29, 0.717) is 29.2 Å². The number of benzene rings is 2. The van der Waals surface area contributed by atoms with Crippen molar-refractivity contribution in [2.45, 2.75) is 45.4 Å². The summed E-state index contributed by atoms with van der Waals surface area (Å²) in [6.45, 7) is 4.34. The highest BCUT2D eigenvalue weighted by molar-refractivity contribution is 7.80. The van der Waals surface area contributed by atoms with Crippen molar-refractivity contribution in [2.75, 3.05) is 25.0 Å². The lowest BCUT2D eigenvalue weighted by atomic mass is 10.1. The van der Waals surface area contributed by atoms with Gasteiger partial charge < -0.3 is 15.0 Å². The number of para-hydroxylation sites is 1. The number of rotatable bonds is 8. The lowest BCUT2D eigenvalue weighted by Gasteiger charge is -2.26. The Labute approximate surface area is 195 Å². The topological polar surface area (TPSA) is 70.7 Å². The Morgan fingerprint density at radius 3 is 2.44 bits per heavy atom. The van der Waals surface area contributed by atoms with Crippen molar-refractivity contribution in [3.63, 3.8) is 0 Å². The number of piperidine rings is 1. The van der Waals surface area contributed by atoms with Crippen molar-refractivity contribution < 1.29 is 14.3 Å². The largest absolute Gasteiger partial charge is 0.493 e. The zero-order chi connectivity index (χ0) is 22.8. The molecule has 0 bridgehead atoms. The number of ether oxygens (including phenoxy) is 1. The third kappa shape index (κ3) is 6.79. The molecular weight excluding hydrogens is 422 g/mol. The Balaban J connectivity index is 1.54. The summed E-state index contributed by atoms with van der Waals surface area (Å²) in [5, 5.41) is 5.89. The molecule has 0 aliphatic carbocycles. The van der Waals surface area contributed by atoms with Gasteiger partial charge >= 0.3 is 0 Å². The number of carbonyl (C=O) groups is 2. The van der Waals surface area contributed by atoms with E-state index in [4.69, 9.17) is 17.0 Å². The molecule has 0 spiro atoms. The quantitative estimate of drug-likeness (QED) is 0.434. The van der Waals surface area contributed by atoms with Gasteiger partial charge in [-0.25, -0.2) is 0 Å². The molecule has 0 atom stereocenters. The second-order valence-corrected chi connectivity index (χ2v) is 8.30. The Hall–Kier alpha value is -2.93. The molecular formula is C25H31N3O3S. The van der Waals surface area contributed by atoms with E-state index < -0.39 is 0 Å². The fraction of sp³-hybridized carbons (Fsp3) is 0.400. The second-order valence-electron chi connectivity index (χ2n) is 7.89. The van der Waals surface area contributed by atoms with Crippen molar-refractivity contribution >= 4 is 34.8 Å². The number of unbranched alkanes of at least 4 members (excludes halogenated alkanes) is 2. The molecule has 7 heteroatoms. The van der Waals surface area contributed by atoms with Crippen LogP contribution in [0, 0.1) is 0 Å². The fourth-order valence-electron chi connectivity index (χ4n) is 3.62. The molecule has 1 saturated heterocycles. The van der Waals surface area contributed by atoms with E-state index in [1.807, 2.05) is 11.0 Å². The molecule has 170 valence electrons. The van der Waals surface area contributed by atoms with E-state index in [0.717, 1.165) is 45.2 Å². The highest BCUT2D eigenvalue weighted by Gasteiger charge is 2.18. The predicted molar refractivity (Wildman–Crippen MR) is 131 cm³/mol. The van der Waals surface area contributed by atoms with E-state index in [1.54, 1.807) is 42.5 Å². The van der Waals surface area contributed by atoms with E-state index in [9.17, 15) is 9.59 Å². The molecule has 1 aliphatic heterocycles. The summed E-state index contributed by atoms with van der Waals surface area (Å²) >= 11 is 5.31. The molecule has 0 unspecified atom stereocenters. The first kappa shape index (κ1) is 23.7. The monoisotopic (exact) mass is 453 g/mol. The number of anilines is 1. The van der Waals surface area contributed by atoms with Crippen LogP contribution >= 0.6 is 12.2 Å². The number of nitrogens with zero attached hydrogens (tertiary/aromatic N) is 1. The van der Waals surface area contributed by atoms with E-state index in [1.165, 1.54) is 6.42 Å². The van der Waals surface area contributed by atoms with Crippen LogP contribution in [0.2, 0.25) is 0 Å². The first-order valence-electron chi connectivity index (χ1n) is 11.3. The molecule has 2 aromatic carbocycles. The molecule has 2 N–H and O–H groups in total. The number of hydrogen-bond acceptors (Lipinski definition) is 4. The third-order valence-electron chi connectivity index (χ3n) is 5.40. The van der Waals surface area contributed by atoms with Gasteiger partial charge in [-0.3, -0.25) is 14.9 Å². The molecule has 1 heterocycles. The maximum absolute atomic E-state index is 12.7. The zero-order valence-corrected chi connectivity index (χ0v) is 19.4. The average Bonchev–Trinajstić information content (AvgIpc) is 2.82. The second kappa shape index (κ2) is 12.2. The zero-order valence-electron chi connectivity index (χ0n) is 18.6. The van der Waals surface area contributed by atoms with Crippen molar-refractivity contribution in [3.8, 4) is 5.75 Å². The first-order valence-corrected chi connectivity index (χ1v) is 11.7. The van der Waals surface area contributed by atoms with Crippen LogP contribution in [0.15, 0.2) is 48.5 Å². The van der Waals surface area contributed by atoms with Gasteiger partial charge in [-0.2, -0.15) is 0 Å². The molecule has 0 aromatic heterocycles. The molecule has 6 nitrogen and oxygen atoms in total. The van der Waals surface area contributed by atoms with Crippen LogP contribution in [0.3, 0.4) is 0 Å². The molecule has 0 radical (unpaired) electrons. The van der Waals surface area contributed by atoms with E-state index in [-0.39, 0.29) is 16.9 Å². The maximum atomic E-state index is 12.7. The number of hydrogen-bond donors (Lipinski definition) is 2. The van der Waals surface area contributed by atoms with Crippen molar-refractivity contribution in [2.24, 2.45) is 0 Å². The fourth-order valence-corrected chi connectivity index (χ4v) is 3.83. The lowest BCUT2D eigenvalue weighted by molar-refractivity contribution is 0.0724. The van der Waals surface area contributed by atoms with Gasteiger partial charge in [-0.05, 0) is 74.3 Å². The summed E-state index contributed by atoms with van der Waals surface area (Å²) < 4.78 is 5.79. The van der Waals surface area contributed by atoms with Crippen LogP contribution in [0.4, 0.5) is 5.69 Å². The van der Waals surface area contributed by atoms with E-state index >= 15 is 0 Å². The molecule has 1 aliphatic rings. The van der Waals surface area contributed by atoms with Crippen molar-refractivity contribution in [1.82, 2.24) is 10.2 Å². The van der Waals surface area contributed by atoms with Crippen LogP contribution in [-0.2, 0) is 0 Å². The van der Waals surface area contributed by atoms with Crippen LogP contribution in [0.5, 0.6) is 5.75 Å². The summed E-state index contributed by atoms with van der Waals surface area (Å²) in [5.41, 5.74) is 1.80. The molecule has 1 fully saturated rings. The van der Waals surface area contributed by atoms with Gasteiger partial charge in [0, 0.05) is 24.3 Å². The van der Waals surface area contributed by atoms with Crippen molar-refractivity contribution in [1.29, 1.82) is 0 Å². The summed E-state index contributed by atoms with van der Waals surface area (Å²) in [5.74, 6) is 0.276. The lowest BCUT2D eigenvalue weighted by Crippen LogP contribution is -2.35. The number of likely N-dealkylation sites (tertiary alicyclic amines) is 1. The number of thiocarbonyl (C=S) groups is 1.